The maximum atomic E-state index is 14.0. The summed E-state index contributed by atoms with van der Waals surface area (Å²) >= 11 is 1.45. The van der Waals surface area contributed by atoms with E-state index in [4.69, 9.17) is 0 Å². The lowest BCUT2D eigenvalue weighted by molar-refractivity contribution is -0.137. The number of hydrogen-bond donors (Lipinski definition) is 2. The fourth-order valence-electron chi connectivity index (χ4n) is 4.04. The Bertz CT molecular complexity index is 1060. The highest BCUT2D eigenvalue weighted by molar-refractivity contribution is 7.07. The third-order valence-electron chi connectivity index (χ3n) is 5.73. The van der Waals surface area contributed by atoms with E-state index in [2.05, 4.69) is 27.1 Å². The number of fused-ring (bicyclic) bond motifs is 1. The molecule has 0 saturated carbocycles. The summed E-state index contributed by atoms with van der Waals surface area (Å²) in [5.41, 5.74) is 4.28. The van der Waals surface area contributed by atoms with Crippen molar-refractivity contribution in [3.63, 3.8) is 0 Å². The van der Waals surface area contributed by atoms with Gasteiger partial charge in [0.1, 0.15) is 17.9 Å². The number of benzene rings is 1. The highest BCUT2D eigenvalue weighted by Crippen LogP contribution is 2.31. The molecule has 6 nitrogen and oxygen atoms in total. The van der Waals surface area contributed by atoms with Crippen molar-refractivity contribution in [3.05, 3.63) is 52.4 Å². The van der Waals surface area contributed by atoms with E-state index in [9.17, 15) is 14.0 Å². The zero-order valence-electron chi connectivity index (χ0n) is 17.0. The molecule has 1 fully saturated rings. The molecule has 0 bridgehead atoms. The van der Waals surface area contributed by atoms with Crippen LogP contribution >= 0.6 is 11.3 Å². The third-order valence-corrected chi connectivity index (χ3v) is 6.36. The van der Waals surface area contributed by atoms with Crippen LogP contribution in [0.2, 0.25) is 0 Å². The Morgan fingerprint density at radius 2 is 2.10 bits per heavy atom. The van der Waals surface area contributed by atoms with Crippen molar-refractivity contribution in [1.29, 1.82) is 0 Å². The number of unbranched alkanes of at least 4 members (excludes halogenated alkanes) is 1. The van der Waals surface area contributed by atoms with Crippen LogP contribution < -0.4 is 10.6 Å². The second kappa shape index (κ2) is 8.55. The monoisotopic (exact) mass is 428 g/mol. The summed E-state index contributed by atoms with van der Waals surface area (Å²) in [6, 6.07) is 3.40. The second-order valence-electron chi connectivity index (χ2n) is 7.81. The average molecular weight is 429 g/mol. The van der Waals surface area contributed by atoms with Crippen molar-refractivity contribution in [2.45, 2.75) is 57.7 Å². The molecule has 1 aromatic carbocycles. The molecule has 3 atom stereocenters. The highest BCUT2D eigenvalue weighted by atomic mass is 32.1. The summed E-state index contributed by atoms with van der Waals surface area (Å²) in [6.07, 6.45) is 4.41. The van der Waals surface area contributed by atoms with Crippen LogP contribution in [-0.2, 0) is 22.6 Å². The number of amides is 2. The molecule has 1 aliphatic heterocycles. The summed E-state index contributed by atoms with van der Waals surface area (Å²) < 4.78 is 16.1. The van der Waals surface area contributed by atoms with E-state index >= 15 is 0 Å². The summed E-state index contributed by atoms with van der Waals surface area (Å²) in [6.45, 7) is 4.85. The van der Waals surface area contributed by atoms with Gasteiger partial charge in [0.15, 0.2) is 0 Å². The first-order valence-corrected chi connectivity index (χ1v) is 11.2. The number of thiazole rings is 1. The normalized spacial score (nSPS) is 20.2. The van der Waals surface area contributed by atoms with E-state index in [1.807, 2.05) is 18.5 Å². The van der Waals surface area contributed by atoms with E-state index in [1.165, 1.54) is 23.5 Å². The first-order chi connectivity index (χ1) is 14.5. The lowest BCUT2D eigenvalue weighted by Gasteiger charge is -2.32. The molecule has 1 saturated heterocycles. The van der Waals surface area contributed by atoms with Gasteiger partial charge in [-0.3, -0.25) is 9.59 Å². The lowest BCUT2D eigenvalue weighted by Crippen LogP contribution is -2.63. The van der Waals surface area contributed by atoms with Crippen molar-refractivity contribution < 1.29 is 14.0 Å². The average Bonchev–Trinajstić information content (AvgIpc) is 3.36. The number of halogens is 1. The number of rotatable bonds is 7. The molecule has 30 heavy (non-hydrogen) atoms. The van der Waals surface area contributed by atoms with Gasteiger partial charge in [-0.1, -0.05) is 20.3 Å². The van der Waals surface area contributed by atoms with Gasteiger partial charge in [0.05, 0.1) is 11.2 Å². The molecular formula is C22H25FN4O2S. The molecule has 0 spiro atoms. The van der Waals surface area contributed by atoms with Gasteiger partial charge in [-0.25, -0.2) is 9.37 Å². The molecule has 8 heteroatoms. The molecule has 4 rings (SSSR count). The number of aromatic nitrogens is 2. The Balaban J connectivity index is 1.59. The summed E-state index contributed by atoms with van der Waals surface area (Å²) in [5, 5.41) is 8.37. The van der Waals surface area contributed by atoms with Crippen LogP contribution in [0.15, 0.2) is 35.3 Å². The Morgan fingerprint density at radius 3 is 2.83 bits per heavy atom. The minimum Gasteiger partial charge on any atom is -0.347 e. The standard InChI is InChI=1S/C22H25FN4O2S/c1-3-4-7-27-10-17(16-8-14(23)5-6-19(16)27)13(2)20-22(29)25-18(21(28)26-20)9-15-11-30-12-24-15/h5-6,8,10-13,18,20H,3-4,7,9H2,1-2H3,(H,25,29)(H,26,28)/t13-,18-,20-/m1/s1. The molecule has 2 N–H and O–H groups in total. The maximum absolute atomic E-state index is 14.0. The molecule has 2 aromatic heterocycles. The fraction of sp³-hybridized carbons (Fsp3) is 0.409. The summed E-state index contributed by atoms with van der Waals surface area (Å²) in [4.78, 5) is 29.7. The molecule has 0 radical (unpaired) electrons. The van der Waals surface area contributed by atoms with Crippen molar-refractivity contribution in [2.24, 2.45) is 0 Å². The zero-order chi connectivity index (χ0) is 21.3. The zero-order valence-corrected chi connectivity index (χ0v) is 17.8. The fourth-order valence-corrected chi connectivity index (χ4v) is 4.61. The van der Waals surface area contributed by atoms with Crippen molar-refractivity contribution in [1.82, 2.24) is 20.2 Å². The predicted molar refractivity (Wildman–Crippen MR) is 115 cm³/mol. The lowest BCUT2D eigenvalue weighted by atomic mass is 9.90. The molecule has 0 aliphatic carbocycles. The van der Waals surface area contributed by atoms with Crippen molar-refractivity contribution in [3.8, 4) is 0 Å². The number of hydrogen-bond acceptors (Lipinski definition) is 4. The van der Waals surface area contributed by atoms with Crippen LogP contribution in [0.1, 0.15) is 43.9 Å². The van der Waals surface area contributed by atoms with Gasteiger partial charge in [-0.15, -0.1) is 11.3 Å². The second-order valence-corrected chi connectivity index (χ2v) is 8.53. The Hall–Kier alpha value is -2.74. The quantitative estimate of drug-likeness (QED) is 0.606. The van der Waals surface area contributed by atoms with E-state index in [0.717, 1.165) is 41.5 Å². The van der Waals surface area contributed by atoms with Crippen molar-refractivity contribution in [2.75, 3.05) is 0 Å². The van der Waals surface area contributed by atoms with E-state index in [1.54, 1.807) is 11.6 Å². The Kier molecular flexibility index (Phi) is 5.85. The smallest absolute Gasteiger partial charge is 0.243 e. The van der Waals surface area contributed by atoms with Crippen LogP contribution in [0, 0.1) is 5.82 Å². The summed E-state index contributed by atoms with van der Waals surface area (Å²) in [7, 11) is 0. The van der Waals surface area contributed by atoms with E-state index < -0.39 is 12.1 Å². The number of nitrogens with one attached hydrogen (secondary N) is 2. The van der Waals surface area contributed by atoms with Gasteiger partial charge in [0.2, 0.25) is 11.8 Å². The van der Waals surface area contributed by atoms with Gasteiger partial charge >= 0.3 is 0 Å². The van der Waals surface area contributed by atoms with Crippen LogP contribution in [0.4, 0.5) is 4.39 Å². The Labute approximate surface area is 178 Å². The SMILES string of the molecule is CCCCn1cc([C@@H](C)[C@H]2NC(=O)[C@@H](Cc3cscn3)NC2=O)c2cc(F)ccc21. The summed E-state index contributed by atoms with van der Waals surface area (Å²) in [5.74, 6) is -1.07. The van der Waals surface area contributed by atoms with Gasteiger partial charge in [-0.2, -0.15) is 0 Å². The van der Waals surface area contributed by atoms with Crippen LogP contribution in [0.25, 0.3) is 10.9 Å². The number of carbonyl (C=O) groups is 2. The molecule has 3 aromatic rings. The van der Waals surface area contributed by atoms with Crippen LogP contribution in [-0.4, -0.2) is 33.4 Å². The van der Waals surface area contributed by atoms with Gasteiger partial charge < -0.3 is 15.2 Å². The predicted octanol–water partition coefficient (Wildman–Crippen LogP) is 3.37. The largest absolute Gasteiger partial charge is 0.347 e. The van der Waals surface area contributed by atoms with Crippen LogP contribution in [0.3, 0.4) is 0 Å². The van der Waals surface area contributed by atoms with Crippen molar-refractivity contribution >= 4 is 34.1 Å². The molecular weight excluding hydrogens is 403 g/mol. The molecule has 1 aliphatic rings. The van der Waals surface area contributed by atoms with E-state index in [-0.39, 0.29) is 23.5 Å². The molecule has 3 heterocycles. The van der Waals surface area contributed by atoms with Gasteiger partial charge in [-0.05, 0) is 30.2 Å². The maximum Gasteiger partial charge on any atom is 0.243 e. The van der Waals surface area contributed by atoms with Gasteiger partial charge in [0, 0.05) is 41.4 Å². The topological polar surface area (TPSA) is 76.0 Å². The van der Waals surface area contributed by atoms with Crippen LogP contribution in [0.5, 0.6) is 0 Å². The number of piperazine rings is 1. The number of aryl methyl sites for hydroxylation is 1. The van der Waals surface area contributed by atoms with E-state index in [0.29, 0.717) is 6.42 Å². The molecule has 0 unspecified atom stereocenters. The molecule has 2 amide bonds. The first-order valence-electron chi connectivity index (χ1n) is 10.2. The number of carbonyl (C=O) groups excluding carboxylic acids is 2. The Morgan fingerprint density at radius 1 is 1.27 bits per heavy atom. The third kappa shape index (κ3) is 3.96. The minimum absolute atomic E-state index is 0.222. The molecule has 158 valence electrons. The van der Waals surface area contributed by atoms with Gasteiger partial charge in [0.25, 0.3) is 0 Å². The number of nitrogens with zero attached hydrogens (tertiary/aromatic N) is 2. The minimum atomic E-state index is -0.710. The first kappa shape index (κ1) is 20.5. The highest BCUT2D eigenvalue weighted by Gasteiger charge is 2.38.